The molecule has 1 atom stereocenters. The topological polar surface area (TPSA) is 68.0 Å². The lowest BCUT2D eigenvalue weighted by atomic mass is 10.00. The van der Waals surface area contributed by atoms with Gasteiger partial charge in [-0.05, 0) is 30.5 Å². The maximum Gasteiger partial charge on any atom is 0.233 e. The number of hydrogen-bond acceptors (Lipinski definition) is 4. The third kappa shape index (κ3) is 3.36. The minimum atomic E-state index is -0.259. The first-order valence-corrected chi connectivity index (χ1v) is 7.47. The summed E-state index contributed by atoms with van der Waals surface area (Å²) in [7, 11) is 0. The van der Waals surface area contributed by atoms with Crippen molar-refractivity contribution in [1.82, 2.24) is 4.98 Å². The summed E-state index contributed by atoms with van der Waals surface area (Å²) in [6, 6.07) is 7.40. The molecule has 0 fully saturated rings. The van der Waals surface area contributed by atoms with Gasteiger partial charge < -0.3 is 11.1 Å². The highest BCUT2D eigenvalue weighted by Crippen LogP contribution is 2.24. The molecule has 1 heterocycles. The van der Waals surface area contributed by atoms with Crippen molar-refractivity contribution in [2.45, 2.75) is 32.6 Å². The number of carbonyl (C=O) groups excluding carboxylic acids is 1. The molecular weight excluding hydrogens is 270 g/mol. The van der Waals surface area contributed by atoms with Crippen LogP contribution in [0.25, 0.3) is 0 Å². The third-order valence-electron chi connectivity index (χ3n) is 3.15. The predicted octanol–water partition coefficient (Wildman–Crippen LogP) is 3.59. The van der Waals surface area contributed by atoms with Gasteiger partial charge in [0.25, 0.3) is 0 Å². The Morgan fingerprint density at radius 1 is 1.35 bits per heavy atom. The molecule has 3 N–H and O–H groups in total. The predicted molar refractivity (Wildman–Crippen MR) is 84.1 cm³/mol. The second kappa shape index (κ2) is 6.05. The SMILES string of the molecule is CC(C)c1csc(NC(=O)C(C)c2cccc(N)c2)n1. The minimum Gasteiger partial charge on any atom is -0.399 e. The number of nitrogen functional groups attached to an aromatic ring is 1. The second-order valence-electron chi connectivity index (χ2n) is 5.11. The van der Waals surface area contributed by atoms with Crippen LogP contribution in [0, 0.1) is 0 Å². The lowest BCUT2D eigenvalue weighted by Crippen LogP contribution is -2.18. The molecule has 0 radical (unpaired) electrons. The van der Waals surface area contributed by atoms with Crippen molar-refractivity contribution >= 4 is 28.1 Å². The molecule has 0 aliphatic carbocycles. The van der Waals surface area contributed by atoms with E-state index in [9.17, 15) is 4.79 Å². The summed E-state index contributed by atoms with van der Waals surface area (Å²) in [6.45, 7) is 6.02. The van der Waals surface area contributed by atoms with Gasteiger partial charge in [-0.25, -0.2) is 4.98 Å². The summed E-state index contributed by atoms with van der Waals surface area (Å²) in [5.41, 5.74) is 8.32. The van der Waals surface area contributed by atoms with Crippen molar-refractivity contribution in [3.05, 3.63) is 40.9 Å². The molecule has 2 aromatic rings. The Kier molecular flexibility index (Phi) is 4.39. The monoisotopic (exact) mass is 289 g/mol. The van der Waals surface area contributed by atoms with E-state index in [4.69, 9.17) is 5.73 Å². The van der Waals surface area contributed by atoms with Crippen molar-refractivity contribution in [3.63, 3.8) is 0 Å². The fourth-order valence-corrected chi connectivity index (χ4v) is 2.68. The van der Waals surface area contributed by atoms with E-state index >= 15 is 0 Å². The number of thiazole rings is 1. The van der Waals surface area contributed by atoms with E-state index in [0.29, 0.717) is 16.7 Å². The fraction of sp³-hybridized carbons (Fsp3) is 0.333. The highest BCUT2D eigenvalue weighted by molar-refractivity contribution is 7.13. The smallest absolute Gasteiger partial charge is 0.233 e. The van der Waals surface area contributed by atoms with E-state index in [1.54, 1.807) is 0 Å². The standard InChI is InChI=1S/C15H19N3OS/c1-9(2)13-8-20-15(17-13)18-14(19)10(3)11-5-4-6-12(16)7-11/h4-10H,16H2,1-3H3,(H,17,18,19). The van der Waals surface area contributed by atoms with Crippen molar-refractivity contribution in [3.8, 4) is 0 Å². The average molecular weight is 289 g/mol. The molecule has 0 saturated heterocycles. The van der Waals surface area contributed by atoms with Crippen LogP contribution >= 0.6 is 11.3 Å². The van der Waals surface area contributed by atoms with Gasteiger partial charge in [0.15, 0.2) is 5.13 Å². The van der Waals surface area contributed by atoms with Gasteiger partial charge in [0.1, 0.15) is 0 Å². The number of anilines is 2. The van der Waals surface area contributed by atoms with Crippen molar-refractivity contribution < 1.29 is 4.79 Å². The molecule has 1 aromatic heterocycles. The Labute approximate surface area is 123 Å². The molecule has 106 valence electrons. The molecule has 5 heteroatoms. The second-order valence-corrected chi connectivity index (χ2v) is 5.97. The summed E-state index contributed by atoms with van der Waals surface area (Å²) < 4.78 is 0. The van der Waals surface area contributed by atoms with E-state index in [0.717, 1.165) is 11.3 Å². The molecule has 0 spiro atoms. The molecule has 0 aliphatic rings. The normalized spacial score (nSPS) is 12.4. The van der Waals surface area contributed by atoms with Crippen LogP contribution in [0.4, 0.5) is 10.8 Å². The molecule has 1 amide bonds. The first-order chi connectivity index (χ1) is 9.47. The summed E-state index contributed by atoms with van der Waals surface area (Å²) in [4.78, 5) is 16.6. The Hall–Kier alpha value is -1.88. The molecule has 2 rings (SSSR count). The van der Waals surface area contributed by atoms with Crippen LogP contribution in [-0.4, -0.2) is 10.9 Å². The third-order valence-corrected chi connectivity index (χ3v) is 3.92. The largest absolute Gasteiger partial charge is 0.399 e. The van der Waals surface area contributed by atoms with Crippen LogP contribution in [0.15, 0.2) is 29.6 Å². The van der Waals surface area contributed by atoms with Gasteiger partial charge in [0.2, 0.25) is 5.91 Å². The van der Waals surface area contributed by atoms with Crippen molar-refractivity contribution in [2.24, 2.45) is 0 Å². The van der Waals surface area contributed by atoms with Crippen LogP contribution in [0.5, 0.6) is 0 Å². The maximum atomic E-state index is 12.2. The van der Waals surface area contributed by atoms with Gasteiger partial charge in [-0.2, -0.15) is 0 Å². The van der Waals surface area contributed by atoms with Crippen LogP contribution in [0.3, 0.4) is 0 Å². The number of amides is 1. The van der Waals surface area contributed by atoms with E-state index < -0.39 is 0 Å². The summed E-state index contributed by atoms with van der Waals surface area (Å²) in [5, 5.41) is 5.49. The quantitative estimate of drug-likeness (QED) is 0.845. The zero-order valence-corrected chi connectivity index (χ0v) is 12.7. The number of carbonyl (C=O) groups is 1. The van der Waals surface area contributed by atoms with Gasteiger partial charge in [0, 0.05) is 11.1 Å². The highest BCUT2D eigenvalue weighted by atomic mass is 32.1. The van der Waals surface area contributed by atoms with Gasteiger partial charge in [0.05, 0.1) is 11.6 Å². The Balaban J connectivity index is 2.07. The van der Waals surface area contributed by atoms with Gasteiger partial charge >= 0.3 is 0 Å². The zero-order chi connectivity index (χ0) is 14.7. The summed E-state index contributed by atoms with van der Waals surface area (Å²) in [5.74, 6) is 0.0356. The number of nitrogens with two attached hydrogens (primary N) is 1. The maximum absolute atomic E-state index is 12.2. The Morgan fingerprint density at radius 3 is 2.70 bits per heavy atom. The van der Waals surface area contributed by atoms with Crippen LogP contribution in [0.1, 0.15) is 43.9 Å². The Morgan fingerprint density at radius 2 is 2.10 bits per heavy atom. The van der Waals surface area contributed by atoms with Gasteiger partial charge in [-0.1, -0.05) is 26.0 Å². The lowest BCUT2D eigenvalue weighted by Gasteiger charge is -2.11. The fourth-order valence-electron chi connectivity index (χ4n) is 1.80. The molecular formula is C15H19N3OS. The molecule has 0 aliphatic heterocycles. The van der Waals surface area contributed by atoms with E-state index in [1.807, 2.05) is 36.6 Å². The van der Waals surface area contributed by atoms with Crippen LogP contribution < -0.4 is 11.1 Å². The Bertz CT molecular complexity index is 607. The van der Waals surface area contributed by atoms with E-state index in [1.165, 1.54) is 11.3 Å². The molecule has 1 aromatic carbocycles. The molecule has 0 saturated carbocycles. The van der Waals surface area contributed by atoms with Crippen molar-refractivity contribution in [1.29, 1.82) is 0 Å². The number of rotatable bonds is 4. The molecule has 1 unspecified atom stereocenters. The van der Waals surface area contributed by atoms with Gasteiger partial charge in [-0.3, -0.25) is 4.79 Å². The van der Waals surface area contributed by atoms with Crippen LogP contribution in [-0.2, 0) is 4.79 Å². The van der Waals surface area contributed by atoms with E-state index in [2.05, 4.69) is 24.1 Å². The zero-order valence-electron chi connectivity index (χ0n) is 11.9. The minimum absolute atomic E-state index is 0.0692. The van der Waals surface area contributed by atoms with Gasteiger partial charge in [-0.15, -0.1) is 11.3 Å². The summed E-state index contributed by atoms with van der Waals surface area (Å²) >= 11 is 1.45. The van der Waals surface area contributed by atoms with E-state index in [-0.39, 0.29) is 11.8 Å². The average Bonchev–Trinajstić information content (AvgIpc) is 2.86. The summed E-state index contributed by atoms with van der Waals surface area (Å²) in [6.07, 6.45) is 0. The molecule has 0 bridgehead atoms. The number of nitrogens with zero attached hydrogens (tertiary/aromatic N) is 1. The number of benzene rings is 1. The molecule has 20 heavy (non-hydrogen) atoms. The first kappa shape index (κ1) is 14.5. The lowest BCUT2D eigenvalue weighted by molar-refractivity contribution is -0.117. The molecule has 4 nitrogen and oxygen atoms in total. The van der Waals surface area contributed by atoms with Crippen LogP contribution in [0.2, 0.25) is 0 Å². The highest BCUT2D eigenvalue weighted by Gasteiger charge is 2.17. The number of nitrogens with one attached hydrogen (secondary N) is 1. The van der Waals surface area contributed by atoms with Crippen molar-refractivity contribution in [2.75, 3.05) is 11.1 Å². The number of aromatic nitrogens is 1. The number of hydrogen-bond donors (Lipinski definition) is 2. The first-order valence-electron chi connectivity index (χ1n) is 6.59.